The molecule has 0 aliphatic carbocycles. The van der Waals surface area contributed by atoms with E-state index in [1.165, 1.54) is 0 Å². The van der Waals surface area contributed by atoms with Crippen molar-refractivity contribution in [1.29, 1.82) is 0 Å². The first-order chi connectivity index (χ1) is 17.6. The standard InChI is InChI=1S/C28H34O8/c1-3-5-15-31-21-11-7-19(8-12-21)27(29)35-23-17-33-26-24(18-34-25(23)26)36-28(30)20-9-13-22(14-10-20)32-16-6-4-2/h7-14,23-26H,3-6,15-18H2,1-2H3/t23-,24+,25-,26-/m1/s1. The van der Waals surface area contributed by atoms with Crippen molar-refractivity contribution in [3.8, 4) is 11.5 Å². The largest absolute Gasteiger partial charge is 0.494 e. The van der Waals surface area contributed by atoms with Gasteiger partial charge in [0.05, 0.1) is 37.6 Å². The summed E-state index contributed by atoms with van der Waals surface area (Å²) in [7, 11) is 0. The van der Waals surface area contributed by atoms with Crippen LogP contribution in [-0.4, -0.2) is 62.8 Å². The number of carbonyl (C=O) groups excluding carboxylic acids is 2. The first kappa shape index (κ1) is 26.0. The Balaban J connectivity index is 1.26. The molecule has 0 aromatic heterocycles. The predicted octanol–water partition coefficient (Wildman–Crippen LogP) is 4.59. The lowest BCUT2D eigenvalue weighted by atomic mass is 10.1. The zero-order valence-electron chi connectivity index (χ0n) is 20.9. The molecule has 2 aromatic carbocycles. The minimum absolute atomic E-state index is 0.178. The van der Waals surface area contributed by atoms with E-state index in [-0.39, 0.29) is 13.2 Å². The summed E-state index contributed by atoms with van der Waals surface area (Å²) >= 11 is 0. The van der Waals surface area contributed by atoms with Crippen LogP contribution in [0.15, 0.2) is 48.5 Å². The van der Waals surface area contributed by atoms with Gasteiger partial charge in [0.25, 0.3) is 0 Å². The number of esters is 2. The summed E-state index contributed by atoms with van der Waals surface area (Å²) in [6.07, 6.45) is 1.93. The van der Waals surface area contributed by atoms with E-state index in [1.807, 2.05) is 0 Å². The zero-order valence-corrected chi connectivity index (χ0v) is 20.9. The molecular weight excluding hydrogens is 464 g/mol. The summed E-state index contributed by atoms with van der Waals surface area (Å²) in [5.74, 6) is 0.503. The maximum absolute atomic E-state index is 12.6. The number of benzene rings is 2. The Hall–Kier alpha value is -3.10. The van der Waals surface area contributed by atoms with Crippen LogP contribution < -0.4 is 9.47 Å². The SMILES string of the molecule is CCCCOc1ccc(C(=O)O[C@H]2CO[C@H]3[C@@H]2OC[C@H]3OC(=O)c2ccc(OCCCC)cc2)cc1. The quantitative estimate of drug-likeness (QED) is 0.310. The Morgan fingerprint density at radius 1 is 0.694 bits per heavy atom. The van der Waals surface area contributed by atoms with Gasteiger partial charge in [-0.1, -0.05) is 26.7 Å². The Kier molecular flexibility index (Phi) is 9.19. The van der Waals surface area contributed by atoms with E-state index < -0.39 is 36.4 Å². The van der Waals surface area contributed by atoms with Crippen LogP contribution in [0.1, 0.15) is 60.2 Å². The normalized spacial score (nSPS) is 22.6. The summed E-state index contributed by atoms with van der Waals surface area (Å²) in [5.41, 5.74) is 0.841. The number of ether oxygens (including phenoxy) is 6. The molecule has 2 aromatic rings. The minimum Gasteiger partial charge on any atom is -0.494 e. The highest BCUT2D eigenvalue weighted by Gasteiger charge is 2.51. The van der Waals surface area contributed by atoms with Gasteiger partial charge in [-0.05, 0) is 61.4 Å². The minimum atomic E-state index is -0.578. The molecule has 0 bridgehead atoms. The van der Waals surface area contributed by atoms with Crippen molar-refractivity contribution in [3.05, 3.63) is 59.7 Å². The van der Waals surface area contributed by atoms with Gasteiger partial charge < -0.3 is 28.4 Å². The molecular formula is C28H34O8. The van der Waals surface area contributed by atoms with Crippen LogP contribution in [0.4, 0.5) is 0 Å². The second-order valence-corrected chi connectivity index (χ2v) is 8.94. The molecule has 194 valence electrons. The molecule has 0 radical (unpaired) electrons. The van der Waals surface area contributed by atoms with Crippen LogP contribution in [0, 0.1) is 0 Å². The van der Waals surface area contributed by atoms with E-state index in [0.29, 0.717) is 35.8 Å². The van der Waals surface area contributed by atoms with Crippen molar-refractivity contribution < 1.29 is 38.0 Å². The van der Waals surface area contributed by atoms with Crippen molar-refractivity contribution in [1.82, 2.24) is 0 Å². The second kappa shape index (κ2) is 12.7. The van der Waals surface area contributed by atoms with Gasteiger partial charge in [0.1, 0.15) is 23.7 Å². The highest BCUT2D eigenvalue weighted by Crippen LogP contribution is 2.31. The van der Waals surface area contributed by atoms with Gasteiger partial charge in [0.2, 0.25) is 0 Å². The number of rotatable bonds is 12. The molecule has 2 aliphatic heterocycles. The number of unbranched alkanes of at least 4 members (excludes halogenated alkanes) is 2. The van der Waals surface area contributed by atoms with Gasteiger partial charge in [-0.3, -0.25) is 0 Å². The van der Waals surface area contributed by atoms with Crippen LogP contribution in [0.2, 0.25) is 0 Å². The third-order valence-corrected chi connectivity index (χ3v) is 6.19. The second-order valence-electron chi connectivity index (χ2n) is 8.94. The molecule has 0 saturated carbocycles. The van der Waals surface area contributed by atoms with Gasteiger partial charge in [0, 0.05) is 0 Å². The molecule has 0 spiro atoms. The lowest BCUT2D eigenvalue weighted by Gasteiger charge is -2.17. The molecule has 4 atom stereocenters. The first-order valence-electron chi connectivity index (χ1n) is 12.7. The van der Waals surface area contributed by atoms with Gasteiger partial charge in [0.15, 0.2) is 12.2 Å². The number of fused-ring (bicyclic) bond motifs is 1. The summed E-state index contributed by atoms with van der Waals surface area (Å²) in [6, 6.07) is 13.7. The van der Waals surface area contributed by atoms with Crippen LogP contribution >= 0.6 is 0 Å². The highest BCUT2D eigenvalue weighted by molar-refractivity contribution is 5.90. The average molecular weight is 499 g/mol. The van der Waals surface area contributed by atoms with Gasteiger partial charge >= 0.3 is 11.9 Å². The van der Waals surface area contributed by atoms with Crippen molar-refractivity contribution in [3.63, 3.8) is 0 Å². The molecule has 2 heterocycles. The predicted molar refractivity (Wildman–Crippen MR) is 132 cm³/mol. The molecule has 2 saturated heterocycles. The summed E-state index contributed by atoms with van der Waals surface area (Å²) in [6.45, 7) is 5.84. The molecule has 8 heteroatoms. The van der Waals surface area contributed by atoms with Crippen LogP contribution in [0.5, 0.6) is 11.5 Å². The van der Waals surface area contributed by atoms with E-state index in [1.54, 1.807) is 48.5 Å². The fourth-order valence-electron chi connectivity index (χ4n) is 4.09. The molecule has 4 rings (SSSR count). The van der Waals surface area contributed by atoms with E-state index in [2.05, 4.69) is 13.8 Å². The number of carbonyl (C=O) groups is 2. The first-order valence-corrected chi connectivity index (χ1v) is 12.7. The van der Waals surface area contributed by atoms with Crippen molar-refractivity contribution >= 4 is 11.9 Å². The summed E-state index contributed by atoms with van der Waals surface area (Å²) < 4.78 is 34.2. The molecule has 2 fully saturated rings. The number of hydrogen-bond donors (Lipinski definition) is 0. The lowest BCUT2D eigenvalue weighted by molar-refractivity contribution is -0.0287. The Labute approximate surface area is 211 Å². The third kappa shape index (κ3) is 6.56. The van der Waals surface area contributed by atoms with Crippen LogP contribution in [-0.2, 0) is 18.9 Å². The van der Waals surface area contributed by atoms with Gasteiger partial charge in [-0.15, -0.1) is 0 Å². The molecule has 2 aliphatic rings. The monoisotopic (exact) mass is 498 g/mol. The topological polar surface area (TPSA) is 89.5 Å². The van der Waals surface area contributed by atoms with Crippen LogP contribution in [0.3, 0.4) is 0 Å². The van der Waals surface area contributed by atoms with E-state index in [4.69, 9.17) is 28.4 Å². The van der Waals surface area contributed by atoms with Crippen molar-refractivity contribution in [2.45, 2.75) is 63.9 Å². The van der Waals surface area contributed by atoms with Gasteiger partial charge in [-0.25, -0.2) is 9.59 Å². The fraction of sp³-hybridized carbons (Fsp3) is 0.500. The molecule has 0 N–H and O–H groups in total. The Bertz CT molecular complexity index is 906. The Morgan fingerprint density at radius 2 is 1.08 bits per heavy atom. The number of hydrogen-bond acceptors (Lipinski definition) is 8. The maximum atomic E-state index is 12.6. The van der Waals surface area contributed by atoms with E-state index >= 15 is 0 Å². The van der Waals surface area contributed by atoms with Crippen LogP contribution in [0.25, 0.3) is 0 Å². The molecule has 0 amide bonds. The van der Waals surface area contributed by atoms with Crippen molar-refractivity contribution in [2.24, 2.45) is 0 Å². The zero-order chi connectivity index (χ0) is 25.3. The van der Waals surface area contributed by atoms with E-state index in [9.17, 15) is 9.59 Å². The molecule has 0 unspecified atom stereocenters. The van der Waals surface area contributed by atoms with Crippen molar-refractivity contribution in [2.75, 3.05) is 26.4 Å². The molecule has 8 nitrogen and oxygen atoms in total. The third-order valence-electron chi connectivity index (χ3n) is 6.19. The Morgan fingerprint density at radius 3 is 1.44 bits per heavy atom. The summed E-state index contributed by atoms with van der Waals surface area (Å²) in [4.78, 5) is 25.3. The highest BCUT2D eigenvalue weighted by atomic mass is 16.7. The lowest BCUT2D eigenvalue weighted by Crippen LogP contribution is -2.36. The fourth-order valence-corrected chi connectivity index (χ4v) is 4.09. The van der Waals surface area contributed by atoms with E-state index in [0.717, 1.165) is 25.7 Å². The summed E-state index contributed by atoms with van der Waals surface area (Å²) in [5, 5.41) is 0. The average Bonchev–Trinajstić information content (AvgIpc) is 3.48. The molecule has 36 heavy (non-hydrogen) atoms. The smallest absolute Gasteiger partial charge is 0.338 e. The maximum Gasteiger partial charge on any atom is 0.338 e. The van der Waals surface area contributed by atoms with Gasteiger partial charge in [-0.2, -0.15) is 0 Å².